The van der Waals surface area contributed by atoms with E-state index in [4.69, 9.17) is 4.74 Å². The van der Waals surface area contributed by atoms with Gasteiger partial charge in [-0.05, 0) is 29.6 Å². The molecule has 0 unspecified atom stereocenters. The Hall–Kier alpha value is -2.33. The highest BCUT2D eigenvalue weighted by Gasteiger charge is 2.14. The molecule has 0 aliphatic rings. The number of methoxy groups -OCH3 is 1. The van der Waals surface area contributed by atoms with Crippen LogP contribution in [0.3, 0.4) is 0 Å². The van der Waals surface area contributed by atoms with E-state index in [9.17, 15) is 4.79 Å². The van der Waals surface area contributed by atoms with Crippen LogP contribution in [0.2, 0.25) is 0 Å². The van der Waals surface area contributed by atoms with Gasteiger partial charge in [0.05, 0.1) is 12.7 Å². The SMILES string of the molecule is COC(=O)c1cc(Cc2cccs2)n(-c2ccccc2)c1. The largest absolute Gasteiger partial charge is 0.465 e. The van der Waals surface area contributed by atoms with Crippen molar-refractivity contribution in [1.82, 2.24) is 4.57 Å². The number of hydrogen-bond donors (Lipinski definition) is 0. The van der Waals surface area contributed by atoms with Gasteiger partial charge in [-0.15, -0.1) is 11.3 Å². The highest BCUT2D eigenvalue weighted by molar-refractivity contribution is 7.09. The predicted octanol–water partition coefficient (Wildman–Crippen LogP) is 3.92. The maximum atomic E-state index is 11.8. The molecule has 0 saturated carbocycles. The highest BCUT2D eigenvalue weighted by atomic mass is 32.1. The fourth-order valence-corrected chi connectivity index (χ4v) is 3.01. The van der Waals surface area contributed by atoms with E-state index in [2.05, 4.69) is 11.4 Å². The van der Waals surface area contributed by atoms with Gasteiger partial charge in [-0.3, -0.25) is 0 Å². The predicted molar refractivity (Wildman–Crippen MR) is 84.2 cm³/mol. The molecule has 0 N–H and O–H groups in total. The normalized spacial score (nSPS) is 10.5. The summed E-state index contributed by atoms with van der Waals surface area (Å²) in [7, 11) is 1.40. The lowest BCUT2D eigenvalue weighted by molar-refractivity contribution is 0.0601. The summed E-state index contributed by atoms with van der Waals surface area (Å²) in [6.45, 7) is 0. The van der Waals surface area contributed by atoms with E-state index in [0.717, 1.165) is 17.8 Å². The van der Waals surface area contributed by atoms with E-state index in [-0.39, 0.29) is 5.97 Å². The molecule has 0 amide bonds. The third-order valence-corrected chi connectivity index (χ3v) is 4.17. The molecule has 0 aliphatic carbocycles. The summed E-state index contributed by atoms with van der Waals surface area (Å²) in [6.07, 6.45) is 2.63. The average molecular weight is 297 g/mol. The fourth-order valence-electron chi connectivity index (χ4n) is 2.29. The Kier molecular flexibility index (Phi) is 3.88. The van der Waals surface area contributed by atoms with Gasteiger partial charge in [0.2, 0.25) is 0 Å². The molecule has 3 aromatic rings. The Bertz CT molecular complexity index is 730. The maximum Gasteiger partial charge on any atom is 0.339 e. The summed E-state index contributed by atoms with van der Waals surface area (Å²) in [6, 6.07) is 16.1. The van der Waals surface area contributed by atoms with Crippen LogP contribution in [0.4, 0.5) is 0 Å². The summed E-state index contributed by atoms with van der Waals surface area (Å²) < 4.78 is 6.87. The molecular weight excluding hydrogens is 282 g/mol. The molecular formula is C17H15NO2S. The third kappa shape index (κ3) is 2.90. The van der Waals surface area contributed by atoms with Crippen molar-refractivity contribution in [3.63, 3.8) is 0 Å². The molecule has 106 valence electrons. The van der Waals surface area contributed by atoms with E-state index in [1.54, 1.807) is 11.3 Å². The van der Waals surface area contributed by atoms with E-state index >= 15 is 0 Å². The van der Waals surface area contributed by atoms with Gasteiger partial charge in [-0.1, -0.05) is 24.3 Å². The lowest BCUT2D eigenvalue weighted by Crippen LogP contribution is -1.99. The van der Waals surface area contributed by atoms with Gasteiger partial charge in [0.25, 0.3) is 0 Å². The van der Waals surface area contributed by atoms with Gasteiger partial charge in [-0.2, -0.15) is 0 Å². The first kappa shape index (κ1) is 13.6. The molecule has 0 spiro atoms. The van der Waals surface area contributed by atoms with Crippen molar-refractivity contribution >= 4 is 17.3 Å². The highest BCUT2D eigenvalue weighted by Crippen LogP contribution is 2.21. The van der Waals surface area contributed by atoms with Crippen molar-refractivity contribution in [3.8, 4) is 5.69 Å². The van der Waals surface area contributed by atoms with Gasteiger partial charge in [0.15, 0.2) is 0 Å². The van der Waals surface area contributed by atoms with Crippen LogP contribution < -0.4 is 0 Å². The molecule has 0 atom stereocenters. The fraction of sp³-hybridized carbons (Fsp3) is 0.118. The van der Waals surface area contributed by atoms with Crippen molar-refractivity contribution in [2.75, 3.05) is 7.11 Å². The summed E-state index contributed by atoms with van der Waals surface area (Å²) in [5, 5.41) is 2.06. The molecule has 3 nitrogen and oxygen atoms in total. The van der Waals surface area contributed by atoms with Crippen LogP contribution in [0.5, 0.6) is 0 Å². The topological polar surface area (TPSA) is 31.2 Å². The second-order valence-electron chi connectivity index (χ2n) is 4.67. The number of thiophene rings is 1. The first-order chi connectivity index (χ1) is 10.3. The van der Waals surface area contributed by atoms with Gasteiger partial charge in [0, 0.05) is 28.9 Å². The van der Waals surface area contributed by atoms with Gasteiger partial charge in [0.1, 0.15) is 0 Å². The quantitative estimate of drug-likeness (QED) is 0.684. The van der Waals surface area contributed by atoms with Crippen LogP contribution in [-0.2, 0) is 11.2 Å². The van der Waals surface area contributed by atoms with Crippen LogP contribution >= 0.6 is 11.3 Å². The molecule has 0 aliphatic heterocycles. The first-order valence-electron chi connectivity index (χ1n) is 6.65. The number of carbonyl (C=O) groups is 1. The van der Waals surface area contributed by atoms with Gasteiger partial charge >= 0.3 is 5.97 Å². The average Bonchev–Trinajstić information content (AvgIpc) is 3.17. The number of rotatable bonds is 4. The van der Waals surface area contributed by atoms with Crippen molar-refractivity contribution in [3.05, 3.63) is 76.2 Å². The summed E-state index contributed by atoms with van der Waals surface area (Å²) >= 11 is 1.72. The number of nitrogens with zero attached hydrogens (tertiary/aromatic N) is 1. The number of para-hydroxylation sites is 1. The van der Waals surface area contributed by atoms with E-state index < -0.39 is 0 Å². The van der Waals surface area contributed by atoms with Crippen LogP contribution in [0.15, 0.2) is 60.1 Å². The molecule has 0 bridgehead atoms. The van der Waals surface area contributed by atoms with Gasteiger partial charge in [-0.25, -0.2) is 4.79 Å². The minimum Gasteiger partial charge on any atom is -0.465 e. The molecule has 4 heteroatoms. The van der Waals surface area contributed by atoms with E-state index in [1.165, 1.54) is 12.0 Å². The standard InChI is InChI=1S/C17H15NO2S/c1-20-17(19)13-10-15(11-16-8-5-9-21-16)18(12-13)14-6-3-2-4-7-14/h2-10,12H,11H2,1H3. The van der Waals surface area contributed by atoms with Crippen molar-refractivity contribution in [1.29, 1.82) is 0 Å². The van der Waals surface area contributed by atoms with Crippen LogP contribution in [0.1, 0.15) is 20.9 Å². The summed E-state index contributed by atoms with van der Waals surface area (Å²) in [4.78, 5) is 13.0. The minimum atomic E-state index is -0.308. The Morgan fingerprint density at radius 1 is 1.19 bits per heavy atom. The summed E-state index contributed by atoms with van der Waals surface area (Å²) in [5.74, 6) is -0.308. The number of hydrogen-bond acceptors (Lipinski definition) is 3. The van der Waals surface area contributed by atoms with E-state index in [0.29, 0.717) is 5.56 Å². The van der Waals surface area contributed by atoms with Crippen molar-refractivity contribution < 1.29 is 9.53 Å². The molecule has 0 fully saturated rings. The van der Waals surface area contributed by atoms with E-state index in [1.807, 2.05) is 53.2 Å². The molecule has 3 rings (SSSR count). The number of ether oxygens (including phenoxy) is 1. The monoisotopic (exact) mass is 297 g/mol. The van der Waals surface area contributed by atoms with Crippen molar-refractivity contribution in [2.45, 2.75) is 6.42 Å². The third-order valence-electron chi connectivity index (χ3n) is 3.29. The minimum absolute atomic E-state index is 0.308. The number of carbonyl (C=O) groups excluding carboxylic acids is 1. The molecule has 0 saturated heterocycles. The Labute approximate surface area is 127 Å². The van der Waals surface area contributed by atoms with Crippen molar-refractivity contribution in [2.24, 2.45) is 0 Å². The molecule has 2 aromatic heterocycles. The zero-order valence-corrected chi connectivity index (χ0v) is 12.5. The molecule has 21 heavy (non-hydrogen) atoms. The molecule has 0 radical (unpaired) electrons. The Morgan fingerprint density at radius 2 is 2.00 bits per heavy atom. The number of benzene rings is 1. The smallest absolute Gasteiger partial charge is 0.339 e. The first-order valence-corrected chi connectivity index (χ1v) is 7.53. The maximum absolute atomic E-state index is 11.8. The Morgan fingerprint density at radius 3 is 2.67 bits per heavy atom. The second kappa shape index (κ2) is 5.97. The second-order valence-corrected chi connectivity index (χ2v) is 5.71. The zero-order valence-electron chi connectivity index (χ0n) is 11.7. The lowest BCUT2D eigenvalue weighted by Gasteiger charge is -2.08. The van der Waals surface area contributed by atoms with Crippen LogP contribution in [0.25, 0.3) is 5.69 Å². The van der Waals surface area contributed by atoms with Crippen LogP contribution in [0, 0.1) is 0 Å². The number of aromatic nitrogens is 1. The zero-order chi connectivity index (χ0) is 14.7. The van der Waals surface area contributed by atoms with Gasteiger partial charge < -0.3 is 9.30 Å². The summed E-state index contributed by atoms with van der Waals surface area (Å²) in [5.41, 5.74) is 2.69. The van der Waals surface area contributed by atoms with Crippen LogP contribution in [-0.4, -0.2) is 17.6 Å². The Balaban J connectivity index is 2.03. The number of esters is 1. The lowest BCUT2D eigenvalue weighted by atomic mass is 10.2. The molecule has 1 aromatic carbocycles. The molecule has 2 heterocycles.